The van der Waals surface area contributed by atoms with Gasteiger partial charge in [0.2, 0.25) is 0 Å². The van der Waals surface area contributed by atoms with Crippen molar-refractivity contribution in [1.82, 2.24) is 5.32 Å². The highest BCUT2D eigenvalue weighted by atomic mass is 35.5. The Labute approximate surface area is 70.3 Å². The second-order valence-corrected chi connectivity index (χ2v) is 2.49. The van der Waals surface area contributed by atoms with E-state index in [9.17, 15) is 0 Å². The van der Waals surface area contributed by atoms with Crippen LogP contribution in [0.1, 0.15) is 27.2 Å². The maximum atomic E-state index is 3.29. The Kier molecular flexibility index (Phi) is 11.4. The van der Waals surface area contributed by atoms with Crippen molar-refractivity contribution in [1.29, 1.82) is 0 Å². The highest BCUT2D eigenvalue weighted by Crippen LogP contribution is 1.84. The van der Waals surface area contributed by atoms with Gasteiger partial charge in [0.05, 0.1) is 0 Å². The van der Waals surface area contributed by atoms with Crippen molar-refractivity contribution in [3.8, 4) is 0 Å². The minimum absolute atomic E-state index is 0. The van der Waals surface area contributed by atoms with Gasteiger partial charge in [-0.25, -0.2) is 0 Å². The van der Waals surface area contributed by atoms with E-state index in [-0.39, 0.29) is 12.4 Å². The van der Waals surface area contributed by atoms with Gasteiger partial charge in [0, 0.05) is 6.54 Å². The summed E-state index contributed by atoms with van der Waals surface area (Å²) in [5.74, 6) is 0. The summed E-state index contributed by atoms with van der Waals surface area (Å²) in [6.45, 7) is 8.57. The third-order valence-electron chi connectivity index (χ3n) is 1.08. The Morgan fingerprint density at radius 3 is 2.40 bits per heavy atom. The van der Waals surface area contributed by atoms with Gasteiger partial charge in [0.1, 0.15) is 0 Å². The molecule has 62 valence electrons. The van der Waals surface area contributed by atoms with Crippen molar-refractivity contribution in [2.75, 3.05) is 13.1 Å². The molecule has 0 amide bonds. The van der Waals surface area contributed by atoms with Crippen LogP contribution in [0.4, 0.5) is 0 Å². The first kappa shape index (κ1) is 12.6. The molecule has 0 heterocycles. The normalized spacial score (nSPS) is 8.30. The first-order valence-electron chi connectivity index (χ1n) is 3.61. The molecule has 0 unspecified atom stereocenters. The Hall–Kier alpha value is -0.0100. The summed E-state index contributed by atoms with van der Waals surface area (Å²) in [7, 11) is 0. The summed E-state index contributed by atoms with van der Waals surface area (Å²) in [5, 5.41) is 3.29. The molecule has 0 saturated carbocycles. The summed E-state index contributed by atoms with van der Waals surface area (Å²) >= 11 is 0. The van der Waals surface area contributed by atoms with Gasteiger partial charge in [-0.3, -0.25) is 0 Å². The van der Waals surface area contributed by atoms with E-state index in [4.69, 9.17) is 0 Å². The van der Waals surface area contributed by atoms with Gasteiger partial charge < -0.3 is 5.32 Å². The number of rotatable bonds is 4. The van der Waals surface area contributed by atoms with Crippen molar-refractivity contribution in [2.45, 2.75) is 27.2 Å². The minimum Gasteiger partial charge on any atom is -0.313 e. The van der Waals surface area contributed by atoms with Crippen molar-refractivity contribution >= 4 is 12.4 Å². The van der Waals surface area contributed by atoms with Crippen LogP contribution in [0.15, 0.2) is 11.6 Å². The molecule has 0 saturated heterocycles. The van der Waals surface area contributed by atoms with Gasteiger partial charge in [0.25, 0.3) is 0 Å². The average molecular weight is 164 g/mol. The summed E-state index contributed by atoms with van der Waals surface area (Å²) in [5.41, 5.74) is 1.39. The molecule has 0 bridgehead atoms. The lowest BCUT2D eigenvalue weighted by Crippen LogP contribution is -2.13. The minimum atomic E-state index is 0. The van der Waals surface area contributed by atoms with E-state index in [1.807, 2.05) is 0 Å². The fourth-order valence-corrected chi connectivity index (χ4v) is 0.555. The first-order valence-corrected chi connectivity index (χ1v) is 3.61. The third kappa shape index (κ3) is 10.9. The van der Waals surface area contributed by atoms with E-state index in [1.165, 1.54) is 12.0 Å². The SMILES string of the molecule is CCCNCC=C(C)C.Cl. The molecule has 2 heteroatoms. The van der Waals surface area contributed by atoms with Crippen LogP contribution in [0.3, 0.4) is 0 Å². The second-order valence-electron chi connectivity index (χ2n) is 2.49. The van der Waals surface area contributed by atoms with Gasteiger partial charge in [-0.15, -0.1) is 12.4 Å². The molecule has 0 aromatic heterocycles. The number of nitrogens with one attached hydrogen (secondary N) is 1. The number of hydrogen-bond acceptors (Lipinski definition) is 1. The maximum absolute atomic E-state index is 3.29. The number of halogens is 1. The van der Waals surface area contributed by atoms with Gasteiger partial charge in [0.15, 0.2) is 0 Å². The Bertz CT molecular complexity index is 85.3. The Morgan fingerprint density at radius 2 is 2.00 bits per heavy atom. The molecular weight excluding hydrogens is 146 g/mol. The van der Waals surface area contributed by atoms with Crippen LogP contribution < -0.4 is 5.32 Å². The van der Waals surface area contributed by atoms with E-state index in [2.05, 4.69) is 32.2 Å². The lowest BCUT2D eigenvalue weighted by atomic mass is 10.3. The van der Waals surface area contributed by atoms with Gasteiger partial charge >= 0.3 is 0 Å². The summed E-state index contributed by atoms with van der Waals surface area (Å²) < 4.78 is 0. The lowest BCUT2D eigenvalue weighted by Gasteiger charge is -1.96. The monoisotopic (exact) mass is 163 g/mol. The van der Waals surface area contributed by atoms with E-state index in [0.717, 1.165) is 13.1 Å². The molecule has 0 spiro atoms. The Morgan fingerprint density at radius 1 is 1.40 bits per heavy atom. The lowest BCUT2D eigenvalue weighted by molar-refractivity contribution is 0.727. The Balaban J connectivity index is 0. The quantitative estimate of drug-likeness (QED) is 0.496. The third-order valence-corrected chi connectivity index (χ3v) is 1.08. The smallest absolute Gasteiger partial charge is 0.0137 e. The summed E-state index contributed by atoms with van der Waals surface area (Å²) in [4.78, 5) is 0. The second kappa shape index (κ2) is 8.99. The number of allylic oxidation sites excluding steroid dienone is 1. The maximum Gasteiger partial charge on any atom is 0.0137 e. The predicted octanol–water partition coefficient (Wildman–Crippen LogP) is 2.37. The molecule has 0 atom stereocenters. The van der Waals surface area contributed by atoms with Crippen molar-refractivity contribution in [3.63, 3.8) is 0 Å². The summed E-state index contributed by atoms with van der Waals surface area (Å²) in [6.07, 6.45) is 3.42. The zero-order valence-electron chi connectivity index (χ0n) is 7.11. The van der Waals surface area contributed by atoms with Crippen molar-refractivity contribution in [3.05, 3.63) is 11.6 Å². The zero-order chi connectivity index (χ0) is 7.11. The summed E-state index contributed by atoms with van der Waals surface area (Å²) in [6, 6.07) is 0. The van der Waals surface area contributed by atoms with Crippen LogP contribution in [-0.2, 0) is 0 Å². The molecule has 0 aliphatic heterocycles. The molecule has 0 aromatic carbocycles. The standard InChI is InChI=1S/C8H17N.ClH/c1-4-6-9-7-5-8(2)3;/h5,9H,4,6-7H2,1-3H3;1H. The van der Waals surface area contributed by atoms with Crippen LogP contribution in [-0.4, -0.2) is 13.1 Å². The largest absolute Gasteiger partial charge is 0.313 e. The van der Waals surface area contributed by atoms with E-state index >= 15 is 0 Å². The average Bonchev–Trinajstić information content (AvgIpc) is 1.80. The van der Waals surface area contributed by atoms with Crippen LogP contribution in [0.2, 0.25) is 0 Å². The van der Waals surface area contributed by atoms with Gasteiger partial charge in [-0.05, 0) is 26.8 Å². The number of hydrogen-bond donors (Lipinski definition) is 1. The van der Waals surface area contributed by atoms with Crippen LogP contribution >= 0.6 is 12.4 Å². The van der Waals surface area contributed by atoms with Crippen molar-refractivity contribution in [2.24, 2.45) is 0 Å². The molecule has 10 heavy (non-hydrogen) atoms. The fraction of sp³-hybridized carbons (Fsp3) is 0.750. The zero-order valence-corrected chi connectivity index (χ0v) is 7.92. The molecule has 1 nitrogen and oxygen atoms in total. The molecular formula is C8H18ClN. The van der Waals surface area contributed by atoms with E-state index in [1.54, 1.807) is 0 Å². The van der Waals surface area contributed by atoms with E-state index in [0.29, 0.717) is 0 Å². The van der Waals surface area contributed by atoms with Crippen molar-refractivity contribution < 1.29 is 0 Å². The molecule has 1 N–H and O–H groups in total. The molecule has 0 aromatic rings. The fourth-order valence-electron chi connectivity index (χ4n) is 0.555. The van der Waals surface area contributed by atoms with Gasteiger partial charge in [-0.2, -0.15) is 0 Å². The van der Waals surface area contributed by atoms with E-state index < -0.39 is 0 Å². The molecule has 0 aliphatic carbocycles. The molecule has 0 aliphatic rings. The highest BCUT2D eigenvalue weighted by molar-refractivity contribution is 5.85. The van der Waals surface area contributed by atoms with Crippen LogP contribution in [0, 0.1) is 0 Å². The van der Waals surface area contributed by atoms with Gasteiger partial charge in [-0.1, -0.05) is 18.6 Å². The predicted molar refractivity (Wildman–Crippen MR) is 49.8 cm³/mol. The molecule has 0 fully saturated rings. The molecule has 0 radical (unpaired) electrons. The topological polar surface area (TPSA) is 12.0 Å². The molecule has 0 rings (SSSR count). The highest BCUT2D eigenvalue weighted by Gasteiger charge is 1.78. The van der Waals surface area contributed by atoms with Crippen LogP contribution in [0.25, 0.3) is 0 Å². The first-order chi connectivity index (χ1) is 4.27. The van der Waals surface area contributed by atoms with Crippen LogP contribution in [0.5, 0.6) is 0 Å².